The molecule has 142 valence electrons. The number of aromatic nitrogens is 3. The van der Waals surface area contributed by atoms with Crippen LogP contribution in [0, 0.1) is 6.92 Å². The van der Waals surface area contributed by atoms with Crippen LogP contribution >= 0.6 is 11.3 Å². The number of amides is 1. The topological polar surface area (TPSA) is 77.8 Å². The number of benzene rings is 2. The molecule has 2 aromatic heterocycles. The lowest BCUT2D eigenvalue weighted by Crippen LogP contribution is -2.21. The van der Waals surface area contributed by atoms with Crippen molar-refractivity contribution in [3.05, 3.63) is 59.5 Å². The lowest BCUT2D eigenvalue weighted by atomic mass is 10.2. The summed E-state index contributed by atoms with van der Waals surface area (Å²) in [6.45, 7) is 1.86. The smallest absolute Gasteiger partial charge is 0.264 e. The first-order valence-electron chi connectivity index (χ1n) is 8.60. The summed E-state index contributed by atoms with van der Waals surface area (Å²) in [5.41, 5.74) is 2.95. The molecule has 0 aliphatic rings. The summed E-state index contributed by atoms with van der Waals surface area (Å²) >= 11 is 1.45. The van der Waals surface area contributed by atoms with Gasteiger partial charge in [-0.25, -0.2) is 4.52 Å². The van der Waals surface area contributed by atoms with E-state index in [0.29, 0.717) is 10.7 Å². The zero-order valence-electron chi connectivity index (χ0n) is 15.4. The molecular formula is C20H18N4O3S. The minimum Gasteiger partial charge on any atom is -0.497 e. The third-order valence-corrected chi connectivity index (χ3v) is 4.89. The predicted octanol–water partition coefficient (Wildman–Crippen LogP) is 3.79. The second-order valence-corrected chi connectivity index (χ2v) is 6.97. The van der Waals surface area contributed by atoms with Crippen LogP contribution in [0.4, 0.5) is 5.95 Å². The van der Waals surface area contributed by atoms with Crippen LogP contribution in [0.3, 0.4) is 0 Å². The van der Waals surface area contributed by atoms with E-state index in [1.165, 1.54) is 11.3 Å². The standard InChI is InChI=1S/C20H18N4O3S/c1-13-4-3-5-16(10-13)27-11-18(25)21-19-22-20-24(23-19)17(12-28-20)14-6-8-15(26-2)9-7-14/h3-10,12H,11H2,1-2H3,(H,21,23,25). The number of carbonyl (C=O) groups excluding carboxylic acids is 1. The first-order chi connectivity index (χ1) is 13.6. The van der Waals surface area contributed by atoms with Crippen molar-refractivity contribution in [2.24, 2.45) is 0 Å². The number of thiazole rings is 1. The second-order valence-electron chi connectivity index (χ2n) is 6.13. The van der Waals surface area contributed by atoms with Crippen LogP contribution in [0.5, 0.6) is 11.5 Å². The molecule has 0 saturated carbocycles. The van der Waals surface area contributed by atoms with Crippen LogP contribution in [0.1, 0.15) is 5.56 Å². The highest BCUT2D eigenvalue weighted by Gasteiger charge is 2.14. The van der Waals surface area contributed by atoms with Gasteiger partial charge in [0, 0.05) is 10.9 Å². The highest BCUT2D eigenvalue weighted by molar-refractivity contribution is 7.15. The Labute approximate surface area is 165 Å². The molecule has 4 rings (SSSR count). The van der Waals surface area contributed by atoms with Gasteiger partial charge in [-0.1, -0.05) is 12.1 Å². The highest BCUT2D eigenvalue weighted by Crippen LogP contribution is 2.27. The summed E-state index contributed by atoms with van der Waals surface area (Å²) in [5.74, 6) is 1.37. The second kappa shape index (κ2) is 7.69. The number of fused-ring (bicyclic) bond motifs is 1. The van der Waals surface area contributed by atoms with Crippen LogP contribution in [-0.4, -0.2) is 34.2 Å². The lowest BCUT2D eigenvalue weighted by molar-refractivity contribution is -0.118. The Balaban J connectivity index is 1.46. The first-order valence-corrected chi connectivity index (χ1v) is 9.48. The van der Waals surface area contributed by atoms with Gasteiger partial charge in [-0.15, -0.1) is 16.4 Å². The number of anilines is 1. The van der Waals surface area contributed by atoms with E-state index in [1.807, 2.05) is 60.8 Å². The Morgan fingerprint density at radius 3 is 2.75 bits per heavy atom. The van der Waals surface area contributed by atoms with Crippen molar-refractivity contribution >= 4 is 28.2 Å². The number of methoxy groups -OCH3 is 1. The molecule has 0 radical (unpaired) electrons. The number of hydrogen-bond donors (Lipinski definition) is 1. The van der Waals surface area contributed by atoms with Crippen molar-refractivity contribution in [3.63, 3.8) is 0 Å². The van der Waals surface area contributed by atoms with Crippen LogP contribution in [0.25, 0.3) is 16.2 Å². The van der Waals surface area contributed by atoms with E-state index in [4.69, 9.17) is 9.47 Å². The quantitative estimate of drug-likeness (QED) is 0.538. The summed E-state index contributed by atoms with van der Waals surface area (Å²) in [6, 6.07) is 15.2. The summed E-state index contributed by atoms with van der Waals surface area (Å²) in [4.78, 5) is 17.2. The third kappa shape index (κ3) is 3.81. The molecule has 0 aliphatic heterocycles. The Hall–Kier alpha value is -3.39. The third-order valence-electron chi connectivity index (χ3n) is 4.08. The molecule has 1 amide bonds. The fourth-order valence-electron chi connectivity index (χ4n) is 2.71. The minimum atomic E-state index is -0.314. The Morgan fingerprint density at radius 1 is 1.18 bits per heavy atom. The molecular weight excluding hydrogens is 376 g/mol. The zero-order chi connectivity index (χ0) is 19.5. The Bertz CT molecular complexity index is 1120. The predicted molar refractivity (Wildman–Crippen MR) is 108 cm³/mol. The van der Waals surface area contributed by atoms with Crippen molar-refractivity contribution in [2.45, 2.75) is 6.92 Å². The highest BCUT2D eigenvalue weighted by atomic mass is 32.1. The average Bonchev–Trinajstić information content (AvgIpc) is 3.27. The number of carbonyl (C=O) groups is 1. The van der Waals surface area contributed by atoms with Crippen molar-refractivity contribution in [1.82, 2.24) is 14.6 Å². The maximum absolute atomic E-state index is 12.2. The molecule has 2 heterocycles. The van der Waals surface area contributed by atoms with Gasteiger partial charge in [0.2, 0.25) is 4.96 Å². The van der Waals surface area contributed by atoms with E-state index < -0.39 is 0 Å². The van der Waals surface area contributed by atoms with Gasteiger partial charge in [0.25, 0.3) is 11.9 Å². The number of nitrogens with zero attached hydrogens (tertiary/aromatic N) is 3. The molecule has 7 nitrogen and oxygen atoms in total. The summed E-state index contributed by atoms with van der Waals surface area (Å²) in [5, 5.41) is 9.05. The van der Waals surface area contributed by atoms with Gasteiger partial charge >= 0.3 is 0 Å². The number of rotatable bonds is 6. The van der Waals surface area contributed by atoms with E-state index in [0.717, 1.165) is 22.6 Å². The van der Waals surface area contributed by atoms with Gasteiger partial charge < -0.3 is 9.47 Å². The molecule has 0 saturated heterocycles. The Morgan fingerprint density at radius 2 is 2.00 bits per heavy atom. The minimum absolute atomic E-state index is 0.109. The molecule has 0 atom stereocenters. The summed E-state index contributed by atoms with van der Waals surface area (Å²) in [6.07, 6.45) is 0. The number of nitrogens with one attached hydrogen (secondary N) is 1. The average molecular weight is 394 g/mol. The molecule has 0 fully saturated rings. The van der Waals surface area contributed by atoms with E-state index in [2.05, 4.69) is 15.4 Å². The molecule has 0 spiro atoms. The maximum Gasteiger partial charge on any atom is 0.264 e. The molecule has 4 aromatic rings. The summed E-state index contributed by atoms with van der Waals surface area (Å²) < 4.78 is 12.4. The molecule has 8 heteroatoms. The van der Waals surface area contributed by atoms with E-state index in [-0.39, 0.29) is 18.5 Å². The SMILES string of the molecule is COc1ccc(-c2csc3nc(NC(=O)COc4cccc(C)c4)nn23)cc1. The molecule has 28 heavy (non-hydrogen) atoms. The van der Waals surface area contributed by atoms with Crippen molar-refractivity contribution in [2.75, 3.05) is 19.0 Å². The van der Waals surface area contributed by atoms with Crippen molar-refractivity contribution in [3.8, 4) is 22.8 Å². The van der Waals surface area contributed by atoms with Crippen LogP contribution in [0.2, 0.25) is 0 Å². The van der Waals surface area contributed by atoms with Gasteiger partial charge in [-0.2, -0.15) is 4.98 Å². The molecule has 2 aromatic carbocycles. The Kier molecular flexibility index (Phi) is 4.94. The fraction of sp³-hybridized carbons (Fsp3) is 0.150. The van der Waals surface area contributed by atoms with Crippen molar-refractivity contribution < 1.29 is 14.3 Å². The number of aryl methyl sites for hydroxylation is 1. The number of ether oxygens (including phenoxy) is 2. The van der Waals surface area contributed by atoms with E-state index >= 15 is 0 Å². The normalized spacial score (nSPS) is 10.8. The van der Waals surface area contributed by atoms with Crippen LogP contribution in [-0.2, 0) is 4.79 Å². The maximum atomic E-state index is 12.2. The molecule has 1 N–H and O–H groups in total. The van der Waals surface area contributed by atoms with Gasteiger partial charge in [0.15, 0.2) is 6.61 Å². The molecule has 0 unspecified atom stereocenters. The lowest BCUT2D eigenvalue weighted by Gasteiger charge is -2.06. The monoisotopic (exact) mass is 394 g/mol. The largest absolute Gasteiger partial charge is 0.497 e. The number of hydrogen-bond acceptors (Lipinski definition) is 6. The van der Waals surface area contributed by atoms with Crippen molar-refractivity contribution in [1.29, 1.82) is 0 Å². The van der Waals surface area contributed by atoms with Gasteiger partial charge in [0.05, 0.1) is 12.8 Å². The fourth-order valence-corrected chi connectivity index (χ4v) is 3.54. The van der Waals surface area contributed by atoms with Gasteiger partial charge in [-0.3, -0.25) is 10.1 Å². The first kappa shape index (κ1) is 18.0. The zero-order valence-corrected chi connectivity index (χ0v) is 16.2. The van der Waals surface area contributed by atoms with Crippen LogP contribution < -0.4 is 14.8 Å². The van der Waals surface area contributed by atoms with E-state index in [1.54, 1.807) is 11.6 Å². The van der Waals surface area contributed by atoms with Gasteiger partial charge in [-0.05, 0) is 48.9 Å². The van der Waals surface area contributed by atoms with Gasteiger partial charge in [0.1, 0.15) is 11.5 Å². The molecule has 0 bridgehead atoms. The van der Waals surface area contributed by atoms with E-state index in [9.17, 15) is 4.79 Å². The van der Waals surface area contributed by atoms with Crippen LogP contribution in [0.15, 0.2) is 53.9 Å². The summed E-state index contributed by atoms with van der Waals surface area (Å²) in [7, 11) is 1.63. The molecule has 0 aliphatic carbocycles.